The van der Waals surface area contributed by atoms with E-state index in [0.29, 0.717) is 6.04 Å². The molecule has 1 aromatic heterocycles. The van der Waals surface area contributed by atoms with Crippen molar-refractivity contribution in [2.24, 2.45) is 7.05 Å². The Labute approximate surface area is 90.1 Å². The second-order valence-electron chi connectivity index (χ2n) is 4.19. The van der Waals surface area contributed by atoms with Crippen molar-refractivity contribution >= 4 is 6.03 Å². The van der Waals surface area contributed by atoms with Crippen molar-refractivity contribution in [3.63, 3.8) is 0 Å². The first-order chi connectivity index (χ1) is 7.22. The SMILES string of the molecule is CCCN(C(=O)n1cc[n+](C)c1)C1CC1. The fourth-order valence-electron chi connectivity index (χ4n) is 1.77. The lowest BCUT2D eigenvalue weighted by Gasteiger charge is -2.18. The van der Waals surface area contributed by atoms with Crippen LogP contribution in [0.25, 0.3) is 0 Å². The molecule has 4 heteroatoms. The zero-order valence-electron chi connectivity index (χ0n) is 9.39. The molecule has 0 radical (unpaired) electrons. The lowest BCUT2D eigenvalue weighted by atomic mass is 10.4. The predicted octanol–water partition coefficient (Wildman–Crippen LogP) is 1.16. The molecule has 0 bridgehead atoms. The number of hydrogen-bond donors (Lipinski definition) is 0. The van der Waals surface area contributed by atoms with Crippen molar-refractivity contribution in [2.45, 2.75) is 32.2 Å². The highest BCUT2D eigenvalue weighted by molar-refractivity contribution is 5.77. The van der Waals surface area contributed by atoms with E-state index < -0.39 is 0 Å². The Morgan fingerprint density at radius 2 is 2.33 bits per heavy atom. The summed E-state index contributed by atoms with van der Waals surface area (Å²) in [6.45, 7) is 2.98. The highest BCUT2D eigenvalue weighted by Gasteiger charge is 2.34. The largest absolute Gasteiger partial charge is 0.416 e. The van der Waals surface area contributed by atoms with E-state index in [-0.39, 0.29) is 6.03 Å². The first kappa shape index (κ1) is 10.2. The van der Waals surface area contributed by atoms with Crippen molar-refractivity contribution in [2.75, 3.05) is 6.54 Å². The van der Waals surface area contributed by atoms with Crippen LogP contribution in [0.1, 0.15) is 26.2 Å². The van der Waals surface area contributed by atoms with Crippen molar-refractivity contribution in [1.82, 2.24) is 9.47 Å². The van der Waals surface area contributed by atoms with E-state index in [9.17, 15) is 4.79 Å². The van der Waals surface area contributed by atoms with Crippen LogP contribution in [0, 0.1) is 0 Å². The van der Waals surface area contributed by atoms with E-state index in [4.69, 9.17) is 0 Å². The van der Waals surface area contributed by atoms with E-state index in [1.165, 1.54) is 12.8 Å². The van der Waals surface area contributed by atoms with Crippen molar-refractivity contribution < 1.29 is 9.36 Å². The fourth-order valence-corrected chi connectivity index (χ4v) is 1.77. The van der Waals surface area contributed by atoms with E-state index in [2.05, 4.69) is 6.92 Å². The lowest BCUT2D eigenvalue weighted by molar-refractivity contribution is -0.670. The van der Waals surface area contributed by atoms with Gasteiger partial charge in [0.1, 0.15) is 12.4 Å². The number of amides is 1. The smallest absolute Gasteiger partial charge is 0.301 e. The third kappa shape index (κ3) is 2.19. The van der Waals surface area contributed by atoms with Gasteiger partial charge in [0.2, 0.25) is 0 Å². The average molecular weight is 208 g/mol. The third-order valence-corrected chi connectivity index (χ3v) is 2.69. The molecule has 0 N–H and O–H groups in total. The Bertz CT molecular complexity index is 354. The zero-order valence-corrected chi connectivity index (χ0v) is 9.39. The second kappa shape index (κ2) is 4.04. The highest BCUT2D eigenvalue weighted by atomic mass is 16.2. The first-order valence-electron chi connectivity index (χ1n) is 5.56. The molecule has 1 heterocycles. The lowest BCUT2D eigenvalue weighted by Crippen LogP contribution is -2.37. The van der Waals surface area contributed by atoms with Gasteiger partial charge < -0.3 is 4.90 Å². The van der Waals surface area contributed by atoms with Crippen molar-refractivity contribution in [3.05, 3.63) is 18.7 Å². The van der Waals surface area contributed by atoms with Crippen LogP contribution >= 0.6 is 0 Å². The second-order valence-corrected chi connectivity index (χ2v) is 4.19. The van der Waals surface area contributed by atoms with Gasteiger partial charge in [-0.3, -0.25) is 0 Å². The number of carbonyl (C=O) groups excluding carboxylic acids is 1. The predicted molar refractivity (Wildman–Crippen MR) is 56.4 cm³/mol. The monoisotopic (exact) mass is 208 g/mol. The molecule has 1 aliphatic rings. The molecule has 1 amide bonds. The number of aryl methyl sites for hydroxylation is 1. The minimum Gasteiger partial charge on any atom is -0.301 e. The number of nitrogens with zero attached hydrogens (tertiary/aromatic N) is 3. The molecule has 15 heavy (non-hydrogen) atoms. The van der Waals surface area contributed by atoms with Crippen LogP contribution in [0.3, 0.4) is 0 Å². The maximum atomic E-state index is 12.1. The van der Waals surface area contributed by atoms with Crippen LogP contribution in [0.15, 0.2) is 18.7 Å². The molecule has 0 saturated heterocycles. The summed E-state index contributed by atoms with van der Waals surface area (Å²) in [5.41, 5.74) is 0. The fraction of sp³-hybridized carbons (Fsp3) is 0.636. The molecule has 4 nitrogen and oxygen atoms in total. The van der Waals surface area contributed by atoms with Crippen LogP contribution in [0.2, 0.25) is 0 Å². The van der Waals surface area contributed by atoms with Gasteiger partial charge in [0, 0.05) is 12.6 Å². The molecule has 2 rings (SSSR count). The van der Waals surface area contributed by atoms with E-state index >= 15 is 0 Å². The molecule has 1 saturated carbocycles. The van der Waals surface area contributed by atoms with Gasteiger partial charge in [-0.25, -0.2) is 9.36 Å². The topological polar surface area (TPSA) is 29.1 Å². The molecule has 82 valence electrons. The van der Waals surface area contributed by atoms with Gasteiger partial charge in [0.15, 0.2) is 0 Å². The summed E-state index contributed by atoms with van der Waals surface area (Å²) in [7, 11) is 1.92. The normalized spacial score (nSPS) is 15.3. The van der Waals surface area contributed by atoms with Gasteiger partial charge in [-0.15, -0.1) is 0 Å². The molecule has 0 atom stereocenters. The van der Waals surface area contributed by atoms with Crippen LogP contribution in [0.5, 0.6) is 0 Å². The maximum absolute atomic E-state index is 12.1. The van der Waals surface area contributed by atoms with E-state index in [1.54, 1.807) is 4.57 Å². The summed E-state index contributed by atoms with van der Waals surface area (Å²) in [6, 6.07) is 0.602. The first-order valence-corrected chi connectivity index (χ1v) is 5.56. The molecule has 1 aromatic rings. The summed E-state index contributed by atoms with van der Waals surface area (Å²) in [4.78, 5) is 14.1. The quantitative estimate of drug-likeness (QED) is 0.685. The van der Waals surface area contributed by atoms with Crippen molar-refractivity contribution in [3.8, 4) is 0 Å². The average Bonchev–Trinajstić information content (AvgIpc) is 2.96. The summed E-state index contributed by atoms with van der Waals surface area (Å²) >= 11 is 0. The Kier molecular flexibility index (Phi) is 2.75. The summed E-state index contributed by atoms with van der Waals surface area (Å²) < 4.78 is 3.54. The minimum atomic E-state index is 0.111. The van der Waals surface area contributed by atoms with Gasteiger partial charge in [-0.2, -0.15) is 4.57 Å². The minimum absolute atomic E-state index is 0.111. The van der Waals surface area contributed by atoms with E-state index in [1.807, 2.05) is 35.2 Å². The molecular formula is C11H18N3O+. The number of imidazole rings is 1. The van der Waals surface area contributed by atoms with Crippen LogP contribution in [0.4, 0.5) is 4.79 Å². The number of hydrogen-bond acceptors (Lipinski definition) is 1. The van der Waals surface area contributed by atoms with Crippen LogP contribution in [-0.4, -0.2) is 28.1 Å². The number of carbonyl (C=O) groups is 1. The molecule has 0 spiro atoms. The molecular weight excluding hydrogens is 190 g/mol. The molecule has 0 aliphatic heterocycles. The molecule has 1 fully saturated rings. The Balaban J connectivity index is 2.10. The number of aromatic nitrogens is 2. The van der Waals surface area contributed by atoms with Crippen LogP contribution in [-0.2, 0) is 7.05 Å². The van der Waals surface area contributed by atoms with Gasteiger partial charge >= 0.3 is 6.03 Å². The highest BCUT2D eigenvalue weighted by Crippen LogP contribution is 2.27. The van der Waals surface area contributed by atoms with Gasteiger partial charge in [-0.05, 0) is 19.3 Å². The Hall–Kier alpha value is -1.32. The Morgan fingerprint density at radius 3 is 2.80 bits per heavy atom. The molecule has 0 aromatic carbocycles. The summed E-state index contributed by atoms with van der Waals surface area (Å²) in [5, 5.41) is 0. The summed E-state index contributed by atoms with van der Waals surface area (Å²) in [5.74, 6) is 0. The van der Waals surface area contributed by atoms with Gasteiger partial charge in [0.05, 0.1) is 7.05 Å². The van der Waals surface area contributed by atoms with Crippen LogP contribution < -0.4 is 4.57 Å². The zero-order chi connectivity index (χ0) is 10.8. The molecule has 1 aliphatic carbocycles. The molecule has 0 unspecified atom stereocenters. The van der Waals surface area contributed by atoms with Gasteiger partial charge in [-0.1, -0.05) is 6.92 Å². The van der Waals surface area contributed by atoms with Gasteiger partial charge in [0.25, 0.3) is 6.33 Å². The standard InChI is InChI=1S/C11H18N3O/c1-3-6-14(10-4-5-10)11(15)13-8-7-12(2)9-13/h7-10H,3-6H2,1-2H3/q+1. The van der Waals surface area contributed by atoms with Crippen molar-refractivity contribution in [1.29, 1.82) is 0 Å². The third-order valence-electron chi connectivity index (χ3n) is 2.69. The van der Waals surface area contributed by atoms with E-state index in [0.717, 1.165) is 13.0 Å². The number of rotatable bonds is 3. The summed E-state index contributed by atoms with van der Waals surface area (Å²) in [6.07, 6.45) is 8.86. The Morgan fingerprint density at radius 1 is 1.60 bits per heavy atom. The maximum Gasteiger partial charge on any atom is 0.416 e.